The quantitative estimate of drug-likeness (QED) is 0.0489. The minimum absolute atomic E-state index is 0. The molecule has 0 amide bonds. The van der Waals surface area contributed by atoms with E-state index in [9.17, 15) is 119 Å². The van der Waals surface area contributed by atoms with Gasteiger partial charge in [0.2, 0.25) is 0 Å². The van der Waals surface area contributed by atoms with E-state index in [1.807, 2.05) is 0 Å². The molecule has 0 saturated heterocycles. The average molecular weight is 1140 g/mol. The maximum Gasteiger partial charge on any atom is 3.00 e. The number of hydrogen-bond donors (Lipinski definition) is 6. The number of nitrogens with two attached hydrogens (primary N) is 6. The summed E-state index contributed by atoms with van der Waals surface area (Å²) in [5.41, 5.74) is 30.4. The van der Waals surface area contributed by atoms with E-state index >= 15 is 0 Å². The molecule has 392 valence electrons. The Kier molecular flexibility index (Phi) is 118. The Bertz CT molecular complexity index is 953. The minimum atomic E-state index is -1.37. The van der Waals surface area contributed by atoms with E-state index in [1.54, 1.807) is 0 Å². The van der Waals surface area contributed by atoms with E-state index in [-0.39, 0.29) is 68.3 Å². The van der Waals surface area contributed by atoms with Gasteiger partial charge in [0.25, 0.3) is 0 Å². The molecule has 0 bridgehead atoms. The van der Waals surface area contributed by atoms with Crippen molar-refractivity contribution in [1.29, 1.82) is 0 Å². The molecule has 0 atom stereocenters. The Hall–Kier alpha value is -4.52. The molecule has 0 aliphatic carbocycles. The first-order valence-corrected chi connectivity index (χ1v) is 17.6. The van der Waals surface area contributed by atoms with Crippen molar-refractivity contribution in [3.8, 4) is 0 Å². The maximum absolute atomic E-state index is 9.50. The van der Waals surface area contributed by atoms with Crippen LogP contribution in [0.4, 0.5) is 0 Å². The first-order valence-electron chi connectivity index (χ1n) is 17.6. The molecule has 0 aromatic rings. The molecule has 12 N–H and O–H groups in total. The van der Waals surface area contributed by atoms with Gasteiger partial charge in [-0.05, 0) is 136 Å². The van der Waals surface area contributed by atoms with Crippen LogP contribution in [0.25, 0.3) is 0 Å². The van der Waals surface area contributed by atoms with Crippen molar-refractivity contribution >= 4 is 71.6 Å². The van der Waals surface area contributed by atoms with E-state index in [2.05, 4.69) is 0 Å². The third-order valence-electron chi connectivity index (χ3n) is 4.42. The van der Waals surface area contributed by atoms with E-state index in [4.69, 9.17) is 34.4 Å². The summed E-state index contributed by atoms with van der Waals surface area (Å²) >= 11 is 0. The van der Waals surface area contributed by atoms with E-state index < -0.39 is 149 Å². The van der Waals surface area contributed by atoms with E-state index in [0.29, 0.717) is 0 Å². The summed E-state index contributed by atoms with van der Waals surface area (Å²) in [7, 11) is 0. The topological polar surface area (TPSA) is 638 Å². The van der Waals surface area contributed by atoms with Gasteiger partial charge in [-0.1, -0.05) is 0 Å². The zero-order chi connectivity index (χ0) is 51.8. The van der Waals surface area contributed by atoms with Crippen LogP contribution in [0.5, 0.6) is 0 Å². The fourth-order valence-corrected chi connectivity index (χ4v) is 1.58. The Balaban J connectivity index is -0.0000000444. The van der Waals surface area contributed by atoms with Crippen LogP contribution in [0, 0.1) is 0 Å². The van der Waals surface area contributed by atoms with Gasteiger partial charge in [0, 0.05) is 71.6 Å². The molecule has 4 radical (unpaired) electrons. The summed E-state index contributed by atoms with van der Waals surface area (Å²) in [6.45, 7) is 4.31. The van der Waals surface area contributed by atoms with Crippen molar-refractivity contribution in [3.05, 3.63) is 0 Å². The first-order chi connectivity index (χ1) is 29.0. The van der Waals surface area contributed by atoms with Crippen LogP contribution in [0.15, 0.2) is 0 Å². The van der Waals surface area contributed by atoms with Crippen molar-refractivity contribution < 1.29 is 187 Å². The molecule has 0 saturated carbocycles. The number of rotatable bonds is 24. The second kappa shape index (κ2) is 81.7. The molecule has 0 fully saturated rings. The first kappa shape index (κ1) is 96.5. The zero-order valence-electron chi connectivity index (χ0n) is 35.5. The average Bonchev–Trinajstić information content (AvgIpc) is 3.16. The van der Waals surface area contributed by atoms with Crippen molar-refractivity contribution in [1.82, 2.24) is 0 Å². The predicted molar refractivity (Wildman–Crippen MR) is 184 cm³/mol. The van der Waals surface area contributed by atoms with Gasteiger partial charge in [0.05, 0.1) is 0 Å². The molecule has 0 unspecified atom stereocenters. The number of carboxylic acids is 12. The molecule has 0 aromatic carbocycles. The monoisotopic (exact) mass is 1140 g/mol. The van der Waals surface area contributed by atoms with Crippen molar-refractivity contribution in [2.75, 3.05) is 39.3 Å². The van der Waals surface area contributed by atoms with Crippen LogP contribution in [0.3, 0.4) is 0 Å². The Morgan fingerprint density at radius 2 is 0.254 bits per heavy atom. The minimum Gasteiger partial charge on any atom is -0.550 e. The van der Waals surface area contributed by atoms with Gasteiger partial charge >= 0.3 is 68.3 Å². The summed E-state index contributed by atoms with van der Waals surface area (Å²) in [5, 5.41) is 114. The zero-order valence-corrected chi connectivity index (χ0v) is 39.9. The summed E-state index contributed by atoms with van der Waals surface area (Å²) in [6.07, 6.45) is -2.81. The van der Waals surface area contributed by atoms with Gasteiger partial charge in [-0.3, -0.25) is 0 Å². The van der Waals surface area contributed by atoms with Gasteiger partial charge < -0.3 is 153 Å². The van der Waals surface area contributed by atoms with Crippen LogP contribution in [0.2, 0.25) is 0 Å². The second-order valence-corrected chi connectivity index (χ2v) is 10.3. The van der Waals surface area contributed by atoms with E-state index in [1.165, 1.54) is 0 Å². The number of hydrogen-bond acceptors (Lipinski definition) is 30. The van der Waals surface area contributed by atoms with Gasteiger partial charge in [-0.25, -0.2) is 0 Å². The smallest absolute Gasteiger partial charge is 0.550 e. The molecule has 0 spiro atoms. The van der Waals surface area contributed by atoms with Crippen LogP contribution < -0.4 is 95.7 Å². The molecule has 0 aliphatic heterocycles. The Morgan fingerprint density at radius 3 is 0.269 bits per heavy atom. The standard InChI is InChI=1S/6C4H6O4.3C3H10N2.4Fe/c6*5-3(6)1-2-4(7)8;3*4-2-1-3-5;;;;/h6*1-2H2,(H,5,6)(H,7,8);3*1-5H2;;;;/q;;;;;;;;;4*+3/p-12. The molecule has 0 aromatic heterocycles. The number of carboxylic acid groups (broad SMARTS) is 12. The van der Waals surface area contributed by atoms with Crippen molar-refractivity contribution in [3.63, 3.8) is 0 Å². The van der Waals surface area contributed by atoms with Crippen LogP contribution in [0.1, 0.15) is 96.3 Å². The SMILES string of the molecule is NCCCN.NCCCN.NCCCN.O=C([O-])CCC(=O)[O-].O=C([O-])CCC(=O)[O-].O=C([O-])CCC(=O)[O-].O=C([O-])CCC(=O)[O-].O=C([O-])CCC(=O)[O-].O=C([O-])CCC(=O)[O-].[Fe+3].[Fe+3].[Fe+3].[Fe+3]. The fourth-order valence-electron chi connectivity index (χ4n) is 1.58. The van der Waals surface area contributed by atoms with Gasteiger partial charge in [-0.15, -0.1) is 0 Å². The largest absolute Gasteiger partial charge is 3.00 e. The molecule has 67 heavy (non-hydrogen) atoms. The summed E-state index contributed by atoms with van der Waals surface area (Å²) < 4.78 is 0. The predicted octanol–water partition coefficient (Wildman–Crippen LogP) is -18.5. The molecular weight excluding hydrogens is 1090 g/mol. The maximum atomic E-state index is 9.50. The molecule has 0 heterocycles. The van der Waals surface area contributed by atoms with Crippen LogP contribution >= 0.6 is 0 Å². The number of carbonyl (C=O) groups is 12. The summed E-state index contributed by atoms with van der Waals surface area (Å²) in [5.74, 6) is -16.4. The van der Waals surface area contributed by atoms with E-state index in [0.717, 1.165) is 58.5 Å². The summed E-state index contributed by atoms with van der Waals surface area (Å²) in [6, 6.07) is 0. The molecular formula is C33H54Fe4N6O24. The normalized spacial score (nSPS) is 7.97. The molecule has 34 heteroatoms. The number of carbonyl (C=O) groups excluding carboxylic acids is 12. The third kappa shape index (κ3) is 219. The number of aliphatic carboxylic acids is 12. The molecule has 0 aliphatic rings. The molecule has 30 nitrogen and oxygen atoms in total. The summed E-state index contributed by atoms with van der Waals surface area (Å²) in [4.78, 5) is 114. The Labute approximate surface area is 426 Å². The second-order valence-electron chi connectivity index (χ2n) is 10.3. The third-order valence-corrected chi connectivity index (χ3v) is 4.42. The van der Waals surface area contributed by atoms with Crippen LogP contribution in [-0.2, 0) is 126 Å². The fraction of sp³-hybridized carbons (Fsp3) is 0.636. The van der Waals surface area contributed by atoms with Crippen molar-refractivity contribution in [2.24, 2.45) is 34.4 Å². The Morgan fingerprint density at radius 1 is 0.194 bits per heavy atom. The van der Waals surface area contributed by atoms with Gasteiger partial charge in [-0.2, -0.15) is 0 Å². The van der Waals surface area contributed by atoms with Crippen LogP contribution in [-0.4, -0.2) is 111 Å². The van der Waals surface area contributed by atoms with Gasteiger partial charge in [0.15, 0.2) is 0 Å². The van der Waals surface area contributed by atoms with Crippen molar-refractivity contribution in [2.45, 2.75) is 96.3 Å². The van der Waals surface area contributed by atoms with Gasteiger partial charge in [0.1, 0.15) is 0 Å². The molecule has 0 rings (SSSR count).